The smallest absolute Gasteiger partial charge is 0.246 e. The average Bonchev–Trinajstić information content (AvgIpc) is 3.20. The first kappa shape index (κ1) is 19.3. The summed E-state index contributed by atoms with van der Waals surface area (Å²) in [5.41, 5.74) is 1.49. The van der Waals surface area contributed by atoms with Crippen LogP contribution in [0.4, 0.5) is 5.69 Å². The zero-order valence-corrected chi connectivity index (χ0v) is 16.5. The molecule has 2 heterocycles. The molecule has 0 saturated carbocycles. The number of benzene rings is 2. The fourth-order valence-corrected chi connectivity index (χ4v) is 3.65. The Morgan fingerprint density at radius 1 is 1.07 bits per heavy atom. The number of halogens is 1. The van der Waals surface area contributed by atoms with E-state index >= 15 is 0 Å². The molecule has 29 heavy (non-hydrogen) atoms. The van der Waals surface area contributed by atoms with Crippen LogP contribution in [0.25, 0.3) is 6.08 Å². The predicted octanol–water partition coefficient (Wildman–Crippen LogP) is 3.96. The first-order chi connectivity index (χ1) is 14.1. The number of rotatable bonds is 4. The van der Waals surface area contributed by atoms with E-state index in [0.717, 1.165) is 5.56 Å². The zero-order chi connectivity index (χ0) is 20.2. The molecular weight excluding hydrogens is 392 g/mol. The van der Waals surface area contributed by atoms with Crippen molar-refractivity contribution in [3.63, 3.8) is 0 Å². The third-order valence-corrected chi connectivity index (χ3v) is 5.43. The maximum absolute atomic E-state index is 12.6. The molecule has 7 heteroatoms. The Bertz CT molecular complexity index is 937. The SMILES string of the molecule is O=C(Nc1cc2c(cc1Cl)OCO2)C1CCN(C(=O)C=Cc2ccccc2)CC1. The van der Waals surface area contributed by atoms with Crippen LogP contribution in [0.3, 0.4) is 0 Å². The summed E-state index contributed by atoms with van der Waals surface area (Å²) in [6.07, 6.45) is 4.61. The minimum Gasteiger partial charge on any atom is -0.454 e. The number of likely N-dealkylation sites (tertiary alicyclic amines) is 1. The van der Waals surface area contributed by atoms with Gasteiger partial charge in [-0.3, -0.25) is 9.59 Å². The van der Waals surface area contributed by atoms with Gasteiger partial charge in [0.25, 0.3) is 0 Å². The van der Waals surface area contributed by atoms with E-state index in [4.69, 9.17) is 21.1 Å². The van der Waals surface area contributed by atoms with Crippen molar-refractivity contribution < 1.29 is 19.1 Å². The maximum Gasteiger partial charge on any atom is 0.246 e. The summed E-state index contributed by atoms with van der Waals surface area (Å²) in [5.74, 6) is 0.835. The molecule has 1 saturated heterocycles. The summed E-state index contributed by atoms with van der Waals surface area (Å²) in [6.45, 7) is 1.24. The van der Waals surface area contributed by atoms with Crippen molar-refractivity contribution in [3.8, 4) is 11.5 Å². The van der Waals surface area contributed by atoms with Gasteiger partial charge < -0.3 is 19.7 Å². The van der Waals surface area contributed by atoms with Crippen molar-refractivity contribution in [2.24, 2.45) is 5.92 Å². The number of carbonyl (C=O) groups excluding carboxylic acids is 2. The van der Waals surface area contributed by atoms with Gasteiger partial charge in [-0.1, -0.05) is 41.9 Å². The van der Waals surface area contributed by atoms with Gasteiger partial charge in [0.15, 0.2) is 11.5 Å². The lowest BCUT2D eigenvalue weighted by molar-refractivity contribution is -0.130. The summed E-state index contributed by atoms with van der Waals surface area (Å²) < 4.78 is 10.6. The Morgan fingerprint density at radius 2 is 1.76 bits per heavy atom. The Kier molecular flexibility index (Phi) is 5.71. The lowest BCUT2D eigenvalue weighted by Gasteiger charge is -2.30. The largest absolute Gasteiger partial charge is 0.454 e. The summed E-state index contributed by atoms with van der Waals surface area (Å²) in [6, 6.07) is 13.0. The van der Waals surface area contributed by atoms with E-state index in [-0.39, 0.29) is 24.5 Å². The second-order valence-corrected chi connectivity index (χ2v) is 7.43. The number of nitrogens with one attached hydrogen (secondary N) is 1. The minimum absolute atomic E-state index is 0.0356. The van der Waals surface area contributed by atoms with Crippen molar-refractivity contribution in [1.82, 2.24) is 4.90 Å². The van der Waals surface area contributed by atoms with Crippen LogP contribution in [0, 0.1) is 5.92 Å². The quantitative estimate of drug-likeness (QED) is 0.772. The molecule has 0 aliphatic carbocycles. The van der Waals surface area contributed by atoms with Gasteiger partial charge >= 0.3 is 0 Å². The second kappa shape index (κ2) is 8.57. The Balaban J connectivity index is 1.31. The Labute approximate surface area is 174 Å². The van der Waals surface area contributed by atoms with E-state index in [2.05, 4.69) is 5.32 Å². The van der Waals surface area contributed by atoms with Crippen molar-refractivity contribution in [1.29, 1.82) is 0 Å². The van der Waals surface area contributed by atoms with Gasteiger partial charge in [-0.25, -0.2) is 0 Å². The normalized spacial score (nSPS) is 16.2. The molecule has 2 aromatic carbocycles. The van der Waals surface area contributed by atoms with Crippen LogP contribution < -0.4 is 14.8 Å². The highest BCUT2D eigenvalue weighted by Crippen LogP contribution is 2.39. The highest BCUT2D eigenvalue weighted by molar-refractivity contribution is 6.34. The number of anilines is 1. The topological polar surface area (TPSA) is 67.9 Å². The van der Waals surface area contributed by atoms with Gasteiger partial charge in [-0.2, -0.15) is 0 Å². The van der Waals surface area contributed by atoms with Gasteiger partial charge in [-0.05, 0) is 24.5 Å². The number of ether oxygens (including phenoxy) is 2. The standard InChI is InChI=1S/C22H21ClN2O4/c23-17-12-19-20(29-14-28-19)13-18(17)24-22(27)16-8-10-25(11-9-16)21(26)7-6-15-4-2-1-3-5-15/h1-7,12-13,16H,8-11,14H2,(H,24,27). The predicted molar refractivity (Wildman–Crippen MR) is 111 cm³/mol. The number of hydrogen-bond acceptors (Lipinski definition) is 4. The lowest BCUT2D eigenvalue weighted by atomic mass is 9.95. The van der Waals surface area contributed by atoms with E-state index in [0.29, 0.717) is 48.1 Å². The van der Waals surface area contributed by atoms with Crippen LogP contribution in [0.1, 0.15) is 18.4 Å². The molecule has 0 atom stereocenters. The van der Waals surface area contributed by atoms with Crippen molar-refractivity contribution in [2.45, 2.75) is 12.8 Å². The van der Waals surface area contributed by atoms with Crippen LogP contribution in [0.15, 0.2) is 48.5 Å². The van der Waals surface area contributed by atoms with E-state index < -0.39 is 0 Å². The highest BCUT2D eigenvalue weighted by atomic mass is 35.5. The molecular formula is C22H21ClN2O4. The fourth-order valence-electron chi connectivity index (χ4n) is 3.45. The van der Waals surface area contributed by atoms with Crippen LogP contribution in [-0.4, -0.2) is 36.6 Å². The number of piperidine rings is 1. The summed E-state index contributed by atoms with van der Waals surface area (Å²) >= 11 is 6.23. The molecule has 0 radical (unpaired) electrons. The van der Waals surface area contributed by atoms with Crippen molar-refractivity contribution in [3.05, 3.63) is 59.1 Å². The Morgan fingerprint density at radius 3 is 2.48 bits per heavy atom. The number of fused-ring (bicyclic) bond motifs is 1. The first-order valence-corrected chi connectivity index (χ1v) is 9.90. The molecule has 0 unspecified atom stereocenters. The van der Waals surface area contributed by atoms with E-state index in [1.54, 1.807) is 23.1 Å². The van der Waals surface area contributed by atoms with Gasteiger partial charge in [0.2, 0.25) is 18.6 Å². The van der Waals surface area contributed by atoms with Crippen LogP contribution in [0.2, 0.25) is 5.02 Å². The molecule has 150 valence electrons. The molecule has 0 bridgehead atoms. The second-order valence-electron chi connectivity index (χ2n) is 7.02. The van der Waals surface area contributed by atoms with Crippen LogP contribution >= 0.6 is 11.6 Å². The third kappa shape index (κ3) is 4.54. The highest BCUT2D eigenvalue weighted by Gasteiger charge is 2.27. The summed E-state index contributed by atoms with van der Waals surface area (Å²) in [4.78, 5) is 26.8. The average molecular weight is 413 g/mol. The number of hydrogen-bond donors (Lipinski definition) is 1. The number of carbonyl (C=O) groups is 2. The molecule has 2 amide bonds. The van der Waals surface area contributed by atoms with Crippen molar-refractivity contribution >= 4 is 35.2 Å². The fraction of sp³-hybridized carbons (Fsp3) is 0.273. The molecule has 0 aromatic heterocycles. The van der Waals surface area contributed by atoms with Gasteiger partial charge in [-0.15, -0.1) is 0 Å². The monoisotopic (exact) mass is 412 g/mol. The van der Waals surface area contributed by atoms with Gasteiger partial charge in [0, 0.05) is 37.2 Å². The molecule has 2 aliphatic heterocycles. The van der Waals surface area contributed by atoms with E-state index in [1.807, 2.05) is 36.4 Å². The van der Waals surface area contributed by atoms with Crippen LogP contribution in [-0.2, 0) is 9.59 Å². The van der Waals surface area contributed by atoms with Gasteiger partial charge in [0.1, 0.15) is 0 Å². The summed E-state index contributed by atoms with van der Waals surface area (Å²) in [5, 5.41) is 3.28. The minimum atomic E-state index is -0.168. The molecule has 2 aliphatic rings. The molecule has 4 rings (SSSR count). The zero-order valence-electron chi connectivity index (χ0n) is 15.8. The lowest BCUT2D eigenvalue weighted by Crippen LogP contribution is -2.40. The number of amides is 2. The van der Waals surface area contributed by atoms with Gasteiger partial charge in [0.05, 0.1) is 10.7 Å². The molecule has 1 fully saturated rings. The third-order valence-electron chi connectivity index (χ3n) is 5.12. The van der Waals surface area contributed by atoms with Crippen molar-refractivity contribution in [2.75, 3.05) is 25.2 Å². The van der Waals surface area contributed by atoms with E-state index in [9.17, 15) is 9.59 Å². The van der Waals surface area contributed by atoms with E-state index in [1.165, 1.54) is 0 Å². The molecule has 0 spiro atoms. The Hall–Kier alpha value is -2.99. The molecule has 6 nitrogen and oxygen atoms in total. The molecule has 2 aromatic rings. The summed E-state index contributed by atoms with van der Waals surface area (Å²) in [7, 11) is 0. The first-order valence-electron chi connectivity index (χ1n) is 9.52. The number of nitrogens with zero attached hydrogens (tertiary/aromatic N) is 1. The van der Waals surface area contributed by atoms with Crippen LogP contribution in [0.5, 0.6) is 11.5 Å². The maximum atomic E-state index is 12.6. The molecule has 1 N–H and O–H groups in total.